The van der Waals surface area contributed by atoms with Crippen molar-refractivity contribution in [2.24, 2.45) is 5.92 Å². The first-order valence-electron chi connectivity index (χ1n) is 8.76. The number of thiophene rings is 1. The van der Waals surface area contributed by atoms with Crippen LogP contribution in [0.5, 0.6) is 0 Å². The van der Waals surface area contributed by atoms with E-state index in [4.69, 9.17) is 0 Å². The fourth-order valence-corrected chi connectivity index (χ4v) is 5.64. The van der Waals surface area contributed by atoms with Crippen LogP contribution in [-0.2, 0) is 23.0 Å². The Bertz CT molecular complexity index is 903. The minimum atomic E-state index is -3.71. The molecule has 0 spiro atoms. The summed E-state index contributed by atoms with van der Waals surface area (Å²) in [4.78, 5) is 13.0. The third-order valence-corrected chi connectivity index (χ3v) is 7.84. The number of hydrogen-bond acceptors (Lipinski definition) is 4. The molecule has 0 radical (unpaired) electrons. The molecule has 0 saturated carbocycles. The van der Waals surface area contributed by atoms with E-state index in [1.807, 2.05) is 45.0 Å². The number of nitrogens with zero attached hydrogens (tertiary/aromatic N) is 1. The lowest BCUT2D eigenvalue weighted by atomic mass is 10.0. The molecule has 140 valence electrons. The molecule has 2 heterocycles. The fourth-order valence-electron chi connectivity index (χ4n) is 2.92. The van der Waals surface area contributed by atoms with Gasteiger partial charge in [-0.25, -0.2) is 8.42 Å². The zero-order chi connectivity index (χ0) is 18.9. The number of nitrogens with one attached hydrogen (secondary N) is 1. The summed E-state index contributed by atoms with van der Waals surface area (Å²) in [6.45, 7) is 6.73. The minimum absolute atomic E-state index is 0.0259. The largest absolute Gasteiger partial charge is 0.349 e. The Labute approximate surface area is 159 Å². The minimum Gasteiger partial charge on any atom is -0.349 e. The van der Waals surface area contributed by atoms with Crippen molar-refractivity contribution in [3.05, 3.63) is 51.7 Å². The zero-order valence-corrected chi connectivity index (χ0v) is 16.9. The highest BCUT2D eigenvalue weighted by Crippen LogP contribution is 2.29. The number of amides is 1. The number of benzene rings is 1. The molecule has 1 amide bonds. The highest BCUT2D eigenvalue weighted by Gasteiger charge is 2.32. The van der Waals surface area contributed by atoms with Crippen molar-refractivity contribution in [3.8, 4) is 0 Å². The van der Waals surface area contributed by atoms with Crippen molar-refractivity contribution in [3.63, 3.8) is 0 Å². The third-order valence-electron chi connectivity index (χ3n) is 4.91. The van der Waals surface area contributed by atoms with Gasteiger partial charge in [0.1, 0.15) is 9.77 Å². The molecule has 0 fully saturated rings. The van der Waals surface area contributed by atoms with Crippen molar-refractivity contribution in [1.82, 2.24) is 9.62 Å². The molecule has 7 heteroatoms. The monoisotopic (exact) mass is 392 g/mol. The Morgan fingerprint density at radius 2 is 1.85 bits per heavy atom. The summed E-state index contributed by atoms with van der Waals surface area (Å²) in [6, 6.07) is 9.40. The average molecular weight is 393 g/mol. The van der Waals surface area contributed by atoms with Crippen molar-refractivity contribution < 1.29 is 13.2 Å². The molecule has 3 rings (SSSR count). The van der Waals surface area contributed by atoms with Crippen LogP contribution in [0.3, 0.4) is 0 Å². The lowest BCUT2D eigenvalue weighted by molar-refractivity contribution is 0.0931. The number of hydrogen-bond donors (Lipinski definition) is 1. The van der Waals surface area contributed by atoms with Gasteiger partial charge < -0.3 is 5.32 Å². The van der Waals surface area contributed by atoms with Crippen LogP contribution in [-0.4, -0.2) is 31.2 Å². The maximum Gasteiger partial charge on any atom is 0.262 e. The van der Waals surface area contributed by atoms with Crippen molar-refractivity contribution in [1.29, 1.82) is 0 Å². The molecule has 1 N–H and O–H groups in total. The second-order valence-corrected chi connectivity index (χ2v) is 9.80. The quantitative estimate of drug-likeness (QED) is 0.849. The van der Waals surface area contributed by atoms with Gasteiger partial charge >= 0.3 is 0 Å². The lowest BCUT2D eigenvalue weighted by Gasteiger charge is -2.28. The van der Waals surface area contributed by atoms with Crippen LogP contribution in [0.1, 0.15) is 41.6 Å². The first kappa shape index (κ1) is 19.1. The summed E-state index contributed by atoms with van der Waals surface area (Å²) < 4.78 is 27.8. The van der Waals surface area contributed by atoms with Gasteiger partial charge in [-0.3, -0.25) is 4.79 Å². The molecule has 0 saturated heterocycles. The van der Waals surface area contributed by atoms with Crippen molar-refractivity contribution in [2.45, 2.75) is 44.7 Å². The molecule has 1 atom stereocenters. The van der Waals surface area contributed by atoms with Crippen LogP contribution in [0.15, 0.2) is 40.6 Å². The van der Waals surface area contributed by atoms with Crippen LogP contribution >= 0.6 is 11.3 Å². The summed E-state index contributed by atoms with van der Waals surface area (Å²) >= 11 is 1.17. The molecule has 1 aliphatic heterocycles. The van der Waals surface area contributed by atoms with E-state index >= 15 is 0 Å². The highest BCUT2D eigenvalue weighted by molar-refractivity contribution is 7.89. The van der Waals surface area contributed by atoms with E-state index < -0.39 is 10.0 Å². The number of rotatable bonds is 5. The van der Waals surface area contributed by atoms with E-state index in [-0.39, 0.29) is 27.6 Å². The van der Waals surface area contributed by atoms with Gasteiger partial charge in [0.2, 0.25) is 10.0 Å². The van der Waals surface area contributed by atoms with Gasteiger partial charge in [0, 0.05) is 19.1 Å². The summed E-state index contributed by atoms with van der Waals surface area (Å²) in [5.41, 5.74) is 2.21. The summed E-state index contributed by atoms with van der Waals surface area (Å²) in [5, 5.41) is 4.57. The zero-order valence-electron chi connectivity index (χ0n) is 15.2. The first-order valence-corrected chi connectivity index (χ1v) is 11.1. The topological polar surface area (TPSA) is 66.5 Å². The molecular weight excluding hydrogens is 368 g/mol. The van der Waals surface area contributed by atoms with Crippen LogP contribution in [0.25, 0.3) is 0 Å². The average Bonchev–Trinajstić information content (AvgIpc) is 3.12. The second-order valence-electron chi connectivity index (χ2n) is 6.98. The molecular formula is C19H24N2O3S2. The van der Waals surface area contributed by atoms with E-state index in [9.17, 15) is 13.2 Å². The maximum absolute atomic E-state index is 13.2. The predicted molar refractivity (Wildman–Crippen MR) is 104 cm³/mol. The van der Waals surface area contributed by atoms with E-state index in [1.54, 1.807) is 5.38 Å². The van der Waals surface area contributed by atoms with Gasteiger partial charge in [0.25, 0.3) is 5.91 Å². The molecule has 1 unspecified atom stereocenters. The van der Waals surface area contributed by atoms with Gasteiger partial charge in [-0.15, -0.1) is 11.3 Å². The van der Waals surface area contributed by atoms with Gasteiger partial charge in [0.15, 0.2) is 0 Å². The molecule has 2 aromatic rings. The Hall–Kier alpha value is -1.70. The highest BCUT2D eigenvalue weighted by atomic mass is 32.2. The predicted octanol–water partition coefficient (Wildman–Crippen LogP) is 3.27. The smallest absolute Gasteiger partial charge is 0.262 e. The van der Waals surface area contributed by atoms with E-state index in [0.29, 0.717) is 19.5 Å². The Balaban J connectivity index is 1.86. The molecule has 1 aromatic carbocycles. The molecule has 1 aliphatic rings. The van der Waals surface area contributed by atoms with Gasteiger partial charge in [-0.05, 0) is 41.8 Å². The lowest BCUT2D eigenvalue weighted by Crippen LogP contribution is -2.38. The maximum atomic E-state index is 13.2. The van der Waals surface area contributed by atoms with E-state index in [1.165, 1.54) is 27.3 Å². The molecule has 5 nitrogen and oxygen atoms in total. The van der Waals surface area contributed by atoms with Gasteiger partial charge in [0.05, 0.1) is 0 Å². The summed E-state index contributed by atoms with van der Waals surface area (Å²) in [6.07, 6.45) is 0.686. The van der Waals surface area contributed by atoms with Crippen LogP contribution in [0.2, 0.25) is 0 Å². The Kier molecular flexibility index (Phi) is 5.50. The first-order chi connectivity index (χ1) is 12.3. The van der Waals surface area contributed by atoms with E-state index in [2.05, 4.69) is 5.32 Å². The third kappa shape index (κ3) is 3.70. The van der Waals surface area contributed by atoms with Gasteiger partial charge in [-0.2, -0.15) is 4.31 Å². The molecule has 0 bridgehead atoms. The standard InChI is InChI=1S/C19H24N2O3S2/c1-13(2)14(3)20-19(22)18-17(9-11-25-18)26(23,24)21-10-8-15-6-4-5-7-16(15)12-21/h4-7,9,11,13-14H,8,10,12H2,1-3H3,(H,20,22). The number of carbonyl (C=O) groups excluding carboxylic acids is 1. The van der Waals surface area contributed by atoms with Crippen LogP contribution in [0, 0.1) is 5.92 Å². The summed E-state index contributed by atoms with van der Waals surface area (Å²) in [5.74, 6) is -0.0465. The van der Waals surface area contributed by atoms with Crippen LogP contribution in [0.4, 0.5) is 0 Å². The van der Waals surface area contributed by atoms with Gasteiger partial charge in [-0.1, -0.05) is 38.1 Å². The fraction of sp³-hybridized carbons (Fsp3) is 0.421. The number of fused-ring (bicyclic) bond motifs is 1. The summed E-state index contributed by atoms with van der Waals surface area (Å²) in [7, 11) is -3.71. The van der Waals surface area contributed by atoms with E-state index in [0.717, 1.165) is 5.56 Å². The Morgan fingerprint density at radius 3 is 2.54 bits per heavy atom. The SMILES string of the molecule is CC(C)C(C)NC(=O)c1sccc1S(=O)(=O)N1CCc2ccccc2C1. The molecule has 26 heavy (non-hydrogen) atoms. The Morgan fingerprint density at radius 1 is 1.15 bits per heavy atom. The number of carbonyl (C=O) groups is 1. The van der Waals surface area contributed by atoms with Crippen molar-refractivity contribution in [2.75, 3.05) is 6.54 Å². The van der Waals surface area contributed by atoms with Crippen LogP contribution < -0.4 is 5.32 Å². The second kappa shape index (κ2) is 7.50. The molecule has 0 aliphatic carbocycles. The normalized spacial score (nSPS) is 16.3. The molecule has 1 aromatic heterocycles. The number of sulfonamides is 1. The van der Waals surface area contributed by atoms with Crippen molar-refractivity contribution >= 4 is 27.3 Å².